The molecule has 0 unspecified atom stereocenters. The summed E-state index contributed by atoms with van der Waals surface area (Å²) in [6.45, 7) is 6.41. The molecule has 0 saturated carbocycles. The highest BCUT2D eigenvalue weighted by molar-refractivity contribution is 5.93. The lowest BCUT2D eigenvalue weighted by molar-refractivity contribution is -0.134. The number of rotatable bonds is 3. The van der Waals surface area contributed by atoms with E-state index in [1.54, 1.807) is 0 Å². The van der Waals surface area contributed by atoms with Crippen LogP contribution in [0.3, 0.4) is 0 Å². The maximum atomic E-state index is 12.6. The second-order valence-electron chi connectivity index (χ2n) is 6.96. The Morgan fingerprint density at radius 1 is 1.32 bits per heavy atom. The molecule has 1 atom stereocenters. The highest BCUT2D eigenvalue weighted by Crippen LogP contribution is 2.29. The van der Waals surface area contributed by atoms with Crippen molar-refractivity contribution in [2.24, 2.45) is 0 Å². The molecule has 1 aromatic carbocycles. The Balaban J connectivity index is 1.42. The third kappa shape index (κ3) is 3.34. The van der Waals surface area contributed by atoms with E-state index in [1.165, 1.54) is 22.0 Å². The molecule has 1 N–H and O–H groups in total. The number of H-pyrrole nitrogens is 1. The zero-order valence-corrected chi connectivity index (χ0v) is 14.7. The molecule has 2 aromatic rings. The van der Waals surface area contributed by atoms with Crippen LogP contribution in [0.15, 0.2) is 36.5 Å². The van der Waals surface area contributed by atoms with Crippen molar-refractivity contribution in [1.29, 1.82) is 0 Å². The maximum absolute atomic E-state index is 12.6. The molecule has 2 aliphatic heterocycles. The zero-order valence-electron chi connectivity index (χ0n) is 14.7. The largest absolute Gasteiger partial charge is 0.379 e. The molecule has 1 saturated heterocycles. The van der Waals surface area contributed by atoms with Gasteiger partial charge in [0, 0.05) is 48.3 Å². The number of aromatic amines is 1. The van der Waals surface area contributed by atoms with E-state index in [9.17, 15) is 4.79 Å². The topological polar surface area (TPSA) is 48.6 Å². The van der Waals surface area contributed by atoms with E-state index in [0.29, 0.717) is 19.1 Å². The van der Waals surface area contributed by atoms with Gasteiger partial charge in [-0.2, -0.15) is 0 Å². The first kappa shape index (κ1) is 16.4. The molecule has 0 bridgehead atoms. The molecule has 25 heavy (non-hydrogen) atoms. The van der Waals surface area contributed by atoms with Crippen LogP contribution >= 0.6 is 0 Å². The SMILES string of the molecule is C[C@@H]1COCCN1CC(=O)N1CC=C(c2c[nH]c3ccccc23)CC1. The Labute approximate surface area is 148 Å². The Morgan fingerprint density at radius 3 is 3.00 bits per heavy atom. The number of amides is 1. The van der Waals surface area contributed by atoms with Crippen LogP contribution in [0.1, 0.15) is 18.9 Å². The third-order valence-corrected chi connectivity index (χ3v) is 5.34. The molecular formula is C20H25N3O2. The molecule has 0 aliphatic carbocycles. The Bertz CT molecular complexity index is 795. The van der Waals surface area contributed by atoms with Crippen molar-refractivity contribution in [3.8, 4) is 0 Å². The average molecular weight is 339 g/mol. The Morgan fingerprint density at radius 2 is 2.20 bits per heavy atom. The predicted molar refractivity (Wildman–Crippen MR) is 99.3 cm³/mol. The van der Waals surface area contributed by atoms with E-state index >= 15 is 0 Å². The number of nitrogens with zero attached hydrogens (tertiary/aromatic N) is 2. The van der Waals surface area contributed by atoms with E-state index in [0.717, 1.165) is 32.7 Å². The van der Waals surface area contributed by atoms with Crippen molar-refractivity contribution < 1.29 is 9.53 Å². The van der Waals surface area contributed by atoms with Gasteiger partial charge in [-0.3, -0.25) is 9.69 Å². The normalized spacial score (nSPS) is 22.2. The molecule has 1 fully saturated rings. The second-order valence-corrected chi connectivity index (χ2v) is 6.96. The van der Waals surface area contributed by atoms with Crippen molar-refractivity contribution >= 4 is 22.4 Å². The molecule has 1 aromatic heterocycles. The number of carbonyl (C=O) groups is 1. The predicted octanol–water partition coefficient (Wildman–Crippen LogP) is 2.50. The van der Waals surface area contributed by atoms with Crippen LogP contribution < -0.4 is 0 Å². The van der Waals surface area contributed by atoms with Gasteiger partial charge in [-0.25, -0.2) is 0 Å². The number of carbonyl (C=O) groups excluding carboxylic acids is 1. The van der Waals surface area contributed by atoms with Crippen LogP contribution in [0.4, 0.5) is 0 Å². The molecule has 0 spiro atoms. The Hall–Kier alpha value is -2.11. The van der Waals surface area contributed by atoms with Crippen LogP contribution in [-0.4, -0.2) is 66.1 Å². The number of ether oxygens (including phenoxy) is 1. The van der Waals surface area contributed by atoms with Crippen LogP contribution in [-0.2, 0) is 9.53 Å². The fraction of sp³-hybridized carbons (Fsp3) is 0.450. The first-order valence-corrected chi connectivity index (χ1v) is 9.07. The number of para-hydroxylation sites is 1. The minimum Gasteiger partial charge on any atom is -0.379 e. The molecule has 4 rings (SSSR count). The van der Waals surface area contributed by atoms with E-state index in [1.807, 2.05) is 11.0 Å². The molecule has 5 heteroatoms. The van der Waals surface area contributed by atoms with Gasteiger partial charge in [0.2, 0.25) is 5.91 Å². The van der Waals surface area contributed by atoms with Crippen molar-refractivity contribution in [1.82, 2.24) is 14.8 Å². The summed E-state index contributed by atoms with van der Waals surface area (Å²) in [6.07, 6.45) is 5.20. The van der Waals surface area contributed by atoms with Gasteiger partial charge in [0.05, 0.1) is 19.8 Å². The first-order valence-electron chi connectivity index (χ1n) is 9.07. The molecule has 5 nitrogen and oxygen atoms in total. The van der Waals surface area contributed by atoms with Gasteiger partial charge in [-0.15, -0.1) is 0 Å². The lowest BCUT2D eigenvalue weighted by atomic mass is 9.99. The fourth-order valence-electron chi connectivity index (χ4n) is 3.75. The number of hydrogen-bond donors (Lipinski definition) is 1. The highest BCUT2D eigenvalue weighted by atomic mass is 16.5. The van der Waals surface area contributed by atoms with Crippen LogP contribution in [0.2, 0.25) is 0 Å². The second kappa shape index (κ2) is 7.02. The summed E-state index contributed by atoms with van der Waals surface area (Å²) in [5.41, 5.74) is 3.77. The Kier molecular flexibility index (Phi) is 4.59. The maximum Gasteiger partial charge on any atom is 0.237 e. The van der Waals surface area contributed by atoms with Crippen LogP contribution in [0.5, 0.6) is 0 Å². The summed E-state index contributed by atoms with van der Waals surface area (Å²) in [4.78, 5) is 20.2. The first-order chi connectivity index (χ1) is 12.2. The number of morpholine rings is 1. The summed E-state index contributed by atoms with van der Waals surface area (Å²) in [5.74, 6) is 0.225. The number of aromatic nitrogens is 1. The number of benzene rings is 1. The summed E-state index contributed by atoms with van der Waals surface area (Å²) in [6, 6.07) is 8.69. The van der Waals surface area contributed by atoms with Crippen molar-refractivity contribution in [3.05, 3.63) is 42.1 Å². The van der Waals surface area contributed by atoms with E-state index in [-0.39, 0.29) is 5.91 Å². The molecule has 2 aliphatic rings. The molecule has 1 amide bonds. The highest BCUT2D eigenvalue weighted by Gasteiger charge is 2.25. The van der Waals surface area contributed by atoms with Gasteiger partial charge in [0.15, 0.2) is 0 Å². The lowest BCUT2D eigenvalue weighted by Gasteiger charge is -2.35. The monoisotopic (exact) mass is 339 g/mol. The van der Waals surface area contributed by atoms with Gasteiger partial charge in [-0.1, -0.05) is 24.3 Å². The average Bonchev–Trinajstić information content (AvgIpc) is 3.08. The summed E-state index contributed by atoms with van der Waals surface area (Å²) < 4.78 is 5.45. The van der Waals surface area contributed by atoms with Gasteiger partial charge >= 0.3 is 0 Å². The lowest BCUT2D eigenvalue weighted by Crippen LogP contribution is -2.49. The molecule has 132 valence electrons. The minimum atomic E-state index is 0.225. The standard InChI is InChI=1S/C20H25N3O2/c1-15-14-25-11-10-23(15)13-20(24)22-8-6-16(7-9-22)18-12-21-19-5-3-2-4-17(18)19/h2-6,12,15,21H,7-11,13-14H2,1H3/t15-/m1/s1. The van der Waals surface area contributed by atoms with Gasteiger partial charge in [0.25, 0.3) is 0 Å². The smallest absolute Gasteiger partial charge is 0.237 e. The third-order valence-electron chi connectivity index (χ3n) is 5.34. The summed E-state index contributed by atoms with van der Waals surface area (Å²) in [5, 5.41) is 1.26. The fourth-order valence-corrected chi connectivity index (χ4v) is 3.75. The van der Waals surface area contributed by atoms with E-state index < -0.39 is 0 Å². The summed E-state index contributed by atoms with van der Waals surface area (Å²) >= 11 is 0. The van der Waals surface area contributed by atoms with Crippen molar-refractivity contribution in [2.45, 2.75) is 19.4 Å². The van der Waals surface area contributed by atoms with Gasteiger partial charge < -0.3 is 14.6 Å². The minimum absolute atomic E-state index is 0.225. The number of fused-ring (bicyclic) bond motifs is 1. The van der Waals surface area contributed by atoms with E-state index in [2.05, 4.69) is 47.3 Å². The number of hydrogen-bond acceptors (Lipinski definition) is 3. The van der Waals surface area contributed by atoms with Gasteiger partial charge in [-0.05, 0) is 25.0 Å². The van der Waals surface area contributed by atoms with Crippen molar-refractivity contribution in [2.75, 3.05) is 39.4 Å². The van der Waals surface area contributed by atoms with Crippen LogP contribution in [0.25, 0.3) is 16.5 Å². The quantitative estimate of drug-likeness (QED) is 0.935. The summed E-state index contributed by atoms with van der Waals surface area (Å²) in [7, 11) is 0. The molecule has 3 heterocycles. The van der Waals surface area contributed by atoms with E-state index in [4.69, 9.17) is 4.74 Å². The zero-order chi connectivity index (χ0) is 17.2. The molecular weight excluding hydrogens is 314 g/mol. The van der Waals surface area contributed by atoms with Crippen LogP contribution in [0, 0.1) is 0 Å². The van der Waals surface area contributed by atoms with Gasteiger partial charge in [0.1, 0.15) is 0 Å². The molecule has 0 radical (unpaired) electrons. The van der Waals surface area contributed by atoms with Crippen molar-refractivity contribution in [3.63, 3.8) is 0 Å². The number of nitrogens with one attached hydrogen (secondary N) is 1.